The first kappa shape index (κ1) is 12.2. The fourth-order valence-electron chi connectivity index (χ4n) is 1.23. The fourth-order valence-corrected chi connectivity index (χ4v) is 1.23. The molecular weight excluding hydrogens is 208 g/mol. The van der Waals surface area contributed by atoms with Crippen LogP contribution in [0.1, 0.15) is 0 Å². The molecule has 0 fully saturated rings. The molecule has 0 aromatic heterocycles. The third-order valence-electron chi connectivity index (χ3n) is 2.11. The Morgan fingerprint density at radius 1 is 1.38 bits per heavy atom. The van der Waals surface area contributed by atoms with E-state index in [1.807, 2.05) is 0 Å². The van der Waals surface area contributed by atoms with E-state index in [0.717, 1.165) is 4.90 Å². The molecule has 0 atom stereocenters. The molecule has 1 aromatic rings. The van der Waals surface area contributed by atoms with E-state index in [2.05, 4.69) is 0 Å². The number of para-hydroxylation sites is 1. The van der Waals surface area contributed by atoms with E-state index in [-0.39, 0.29) is 13.2 Å². The lowest BCUT2D eigenvalue weighted by Gasteiger charge is -2.22. The molecule has 0 aliphatic rings. The molecular formula is C11H14N2O3. The number of aliphatic hydroxyl groups is 1. The number of carbonyl (C=O) groups is 2. The number of likely N-dealkylation sites (N-methyl/N-ethyl adjacent to an activating group) is 1. The molecule has 0 bridgehead atoms. The second-order valence-electron chi connectivity index (χ2n) is 3.24. The highest BCUT2D eigenvalue weighted by Gasteiger charge is 2.18. The molecule has 0 spiro atoms. The number of hydrogen-bond acceptors (Lipinski definition) is 3. The first-order chi connectivity index (χ1) is 7.70. The Bertz CT molecular complexity index is 354. The fraction of sp³-hybridized carbons (Fsp3) is 0.273. The van der Waals surface area contributed by atoms with Gasteiger partial charge in [0.05, 0.1) is 12.3 Å². The van der Waals surface area contributed by atoms with Gasteiger partial charge in [-0.2, -0.15) is 0 Å². The van der Waals surface area contributed by atoms with Crippen LogP contribution in [0.25, 0.3) is 0 Å². The van der Waals surface area contributed by atoms with Crippen molar-refractivity contribution in [2.24, 2.45) is 0 Å². The standard InChI is InChI=1S/C11H14N2O3/c1-12(7-8-14)11(16)13(9-15)10-5-3-2-4-6-10/h2-6,9,14H,7-8H2,1H3. The smallest absolute Gasteiger partial charge is 0.330 e. The molecule has 0 heterocycles. The first-order valence-electron chi connectivity index (χ1n) is 4.86. The largest absolute Gasteiger partial charge is 0.395 e. The van der Waals surface area contributed by atoms with Crippen LogP contribution in [0.2, 0.25) is 0 Å². The molecule has 0 saturated heterocycles. The van der Waals surface area contributed by atoms with Gasteiger partial charge in [0, 0.05) is 13.6 Å². The third-order valence-corrected chi connectivity index (χ3v) is 2.11. The van der Waals surface area contributed by atoms with Crippen molar-refractivity contribution in [3.05, 3.63) is 30.3 Å². The Kier molecular flexibility index (Phi) is 4.47. The van der Waals surface area contributed by atoms with E-state index in [9.17, 15) is 9.59 Å². The summed E-state index contributed by atoms with van der Waals surface area (Å²) in [6, 6.07) is 8.15. The van der Waals surface area contributed by atoms with Crippen molar-refractivity contribution in [1.82, 2.24) is 4.90 Å². The average molecular weight is 222 g/mol. The summed E-state index contributed by atoms with van der Waals surface area (Å²) in [7, 11) is 1.53. The zero-order chi connectivity index (χ0) is 12.0. The number of hydrogen-bond donors (Lipinski definition) is 1. The molecule has 1 aromatic carbocycles. The summed E-state index contributed by atoms with van der Waals surface area (Å²) in [4.78, 5) is 24.9. The van der Waals surface area contributed by atoms with Crippen LogP contribution in [0.4, 0.5) is 10.5 Å². The highest BCUT2D eigenvalue weighted by molar-refractivity contribution is 6.05. The van der Waals surface area contributed by atoms with E-state index >= 15 is 0 Å². The zero-order valence-electron chi connectivity index (χ0n) is 9.04. The number of carbonyl (C=O) groups excluding carboxylic acids is 2. The molecule has 1 N–H and O–H groups in total. The van der Waals surface area contributed by atoms with Gasteiger partial charge < -0.3 is 10.0 Å². The summed E-state index contributed by atoms with van der Waals surface area (Å²) >= 11 is 0. The normalized spacial score (nSPS) is 9.62. The van der Waals surface area contributed by atoms with E-state index in [0.29, 0.717) is 12.1 Å². The zero-order valence-corrected chi connectivity index (χ0v) is 9.04. The van der Waals surface area contributed by atoms with Crippen LogP contribution in [0.5, 0.6) is 0 Å². The summed E-state index contributed by atoms with van der Waals surface area (Å²) in [6.07, 6.45) is 0.464. The molecule has 3 amide bonds. The predicted molar refractivity (Wildman–Crippen MR) is 60.1 cm³/mol. The van der Waals surface area contributed by atoms with Gasteiger partial charge in [0.1, 0.15) is 0 Å². The summed E-state index contributed by atoms with van der Waals surface area (Å²) in [5, 5.41) is 8.71. The molecule has 5 heteroatoms. The molecule has 5 nitrogen and oxygen atoms in total. The Labute approximate surface area is 93.9 Å². The van der Waals surface area contributed by atoms with Gasteiger partial charge in [-0.25, -0.2) is 9.69 Å². The van der Waals surface area contributed by atoms with Crippen LogP contribution in [-0.4, -0.2) is 42.6 Å². The van der Waals surface area contributed by atoms with Gasteiger partial charge in [0.25, 0.3) is 0 Å². The number of anilines is 1. The number of benzene rings is 1. The monoisotopic (exact) mass is 222 g/mol. The Morgan fingerprint density at radius 3 is 2.50 bits per heavy atom. The molecule has 86 valence electrons. The van der Waals surface area contributed by atoms with Crippen LogP contribution in [-0.2, 0) is 4.79 Å². The maximum absolute atomic E-state index is 11.8. The number of aliphatic hydroxyl groups excluding tert-OH is 1. The van der Waals surface area contributed by atoms with Gasteiger partial charge in [-0.3, -0.25) is 4.79 Å². The SMILES string of the molecule is CN(CCO)C(=O)N(C=O)c1ccccc1. The molecule has 0 aliphatic carbocycles. The van der Waals surface area contributed by atoms with Gasteiger partial charge in [-0.15, -0.1) is 0 Å². The van der Waals surface area contributed by atoms with Gasteiger partial charge in [-0.05, 0) is 12.1 Å². The lowest BCUT2D eigenvalue weighted by molar-refractivity contribution is -0.107. The number of imide groups is 1. The highest BCUT2D eigenvalue weighted by Crippen LogP contribution is 2.12. The van der Waals surface area contributed by atoms with Gasteiger partial charge in [0.15, 0.2) is 0 Å². The van der Waals surface area contributed by atoms with Crippen molar-refractivity contribution in [2.45, 2.75) is 0 Å². The summed E-state index contributed by atoms with van der Waals surface area (Å²) in [6.45, 7) is 0.0553. The molecule has 0 radical (unpaired) electrons. The Balaban J connectivity index is 2.83. The van der Waals surface area contributed by atoms with Gasteiger partial charge in [-0.1, -0.05) is 18.2 Å². The van der Waals surface area contributed by atoms with Gasteiger partial charge >= 0.3 is 6.03 Å². The minimum Gasteiger partial charge on any atom is -0.395 e. The van der Waals surface area contributed by atoms with Crippen LogP contribution in [0, 0.1) is 0 Å². The minimum atomic E-state index is -0.463. The second kappa shape index (κ2) is 5.87. The number of urea groups is 1. The molecule has 0 saturated carbocycles. The quantitative estimate of drug-likeness (QED) is 0.762. The summed E-state index contributed by atoms with van der Waals surface area (Å²) in [5.74, 6) is 0. The summed E-state index contributed by atoms with van der Waals surface area (Å²) < 4.78 is 0. The van der Waals surface area contributed by atoms with E-state index < -0.39 is 6.03 Å². The Morgan fingerprint density at radius 2 is 2.00 bits per heavy atom. The topological polar surface area (TPSA) is 60.9 Å². The van der Waals surface area contributed by atoms with E-state index in [4.69, 9.17) is 5.11 Å². The maximum Gasteiger partial charge on any atom is 0.330 e. The van der Waals surface area contributed by atoms with Crippen molar-refractivity contribution in [3.8, 4) is 0 Å². The van der Waals surface area contributed by atoms with Crippen LogP contribution >= 0.6 is 0 Å². The van der Waals surface area contributed by atoms with Gasteiger partial charge in [0.2, 0.25) is 6.41 Å². The number of amides is 3. The molecule has 16 heavy (non-hydrogen) atoms. The van der Waals surface area contributed by atoms with Crippen LogP contribution in [0.3, 0.4) is 0 Å². The lowest BCUT2D eigenvalue weighted by atomic mass is 10.3. The summed E-state index contributed by atoms with van der Waals surface area (Å²) in [5.41, 5.74) is 0.507. The lowest BCUT2D eigenvalue weighted by Crippen LogP contribution is -2.41. The van der Waals surface area contributed by atoms with E-state index in [1.165, 1.54) is 11.9 Å². The van der Waals surface area contributed by atoms with E-state index in [1.54, 1.807) is 30.3 Å². The minimum absolute atomic E-state index is 0.135. The second-order valence-corrected chi connectivity index (χ2v) is 3.24. The molecule has 1 rings (SSSR count). The average Bonchev–Trinajstić information content (AvgIpc) is 2.31. The number of rotatable bonds is 4. The van der Waals surface area contributed by atoms with Crippen molar-refractivity contribution in [2.75, 3.05) is 25.1 Å². The van der Waals surface area contributed by atoms with Crippen molar-refractivity contribution in [1.29, 1.82) is 0 Å². The third kappa shape index (κ3) is 2.80. The van der Waals surface area contributed by atoms with Crippen molar-refractivity contribution < 1.29 is 14.7 Å². The maximum atomic E-state index is 11.8. The van der Waals surface area contributed by atoms with Crippen molar-refractivity contribution >= 4 is 18.1 Å². The van der Waals surface area contributed by atoms with Crippen LogP contribution < -0.4 is 4.90 Å². The van der Waals surface area contributed by atoms with Crippen molar-refractivity contribution in [3.63, 3.8) is 0 Å². The predicted octanol–water partition coefficient (Wildman–Crippen LogP) is 0.693. The molecule has 0 aliphatic heterocycles. The number of nitrogens with zero attached hydrogens (tertiary/aromatic N) is 2. The highest BCUT2D eigenvalue weighted by atomic mass is 16.3. The Hall–Kier alpha value is -1.88. The first-order valence-corrected chi connectivity index (χ1v) is 4.86. The molecule has 0 unspecified atom stereocenters. The van der Waals surface area contributed by atoms with Crippen LogP contribution in [0.15, 0.2) is 30.3 Å².